The van der Waals surface area contributed by atoms with E-state index in [4.69, 9.17) is 4.74 Å². The number of ether oxygens (including phenoxy) is 1. The first-order valence-electron chi connectivity index (χ1n) is 5.09. The number of imidazole rings is 1. The lowest BCUT2D eigenvalue weighted by Crippen LogP contribution is -2.13. The van der Waals surface area contributed by atoms with Crippen molar-refractivity contribution in [1.29, 1.82) is 0 Å². The fourth-order valence-corrected chi connectivity index (χ4v) is 1.50. The molecule has 0 fully saturated rings. The number of nitrogens with one attached hydrogen (secondary N) is 2. The minimum absolute atomic E-state index is 0.358. The molecule has 0 bridgehead atoms. The van der Waals surface area contributed by atoms with E-state index >= 15 is 0 Å². The molecular weight excluding hydrogens is 206 g/mol. The zero-order chi connectivity index (χ0) is 11.5. The Bertz CT molecular complexity index is 519. The van der Waals surface area contributed by atoms with Crippen molar-refractivity contribution in [3.63, 3.8) is 0 Å². The second-order valence-corrected chi connectivity index (χ2v) is 3.40. The number of fused-ring (bicyclic) bond motifs is 1. The molecule has 0 atom stereocenters. The van der Waals surface area contributed by atoms with E-state index in [0.29, 0.717) is 12.3 Å². The fourth-order valence-electron chi connectivity index (χ4n) is 1.50. The Labute approximate surface area is 92.8 Å². The number of benzene rings is 1. The third-order valence-electron chi connectivity index (χ3n) is 2.12. The molecule has 1 amide bonds. The van der Waals surface area contributed by atoms with Crippen molar-refractivity contribution in [2.75, 3.05) is 11.9 Å². The van der Waals surface area contributed by atoms with Crippen molar-refractivity contribution in [3.05, 3.63) is 24.0 Å². The highest BCUT2D eigenvalue weighted by Gasteiger charge is 2.04. The third-order valence-corrected chi connectivity index (χ3v) is 2.12. The Kier molecular flexibility index (Phi) is 2.76. The van der Waals surface area contributed by atoms with E-state index in [2.05, 4.69) is 15.3 Å². The Morgan fingerprint density at radius 2 is 2.38 bits per heavy atom. The number of anilines is 1. The molecule has 0 aliphatic carbocycles. The number of rotatable bonds is 2. The van der Waals surface area contributed by atoms with Gasteiger partial charge in [0.1, 0.15) is 5.82 Å². The van der Waals surface area contributed by atoms with Crippen LogP contribution in [0, 0.1) is 6.92 Å². The second kappa shape index (κ2) is 4.22. The van der Waals surface area contributed by atoms with Gasteiger partial charge in [-0.1, -0.05) is 0 Å². The molecule has 0 saturated carbocycles. The summed E-state index contributed by atoms with van der Waals surface area (Å²) in [4.78, 5) is 18.6. The van der Waals surface area contributed by atoms with Crippen LogP contribution >= 0.6 is 0 Å². The second-order valence-electron chi connectivity index (χ2n) is 3.40. The number of aryl methyl sites for hydroxylation is 1. The van der Waals surface area contributed by atoms with Crippen molar-refractivity contribution in [2.24, 2.45) is 0 Å². The molecule has 84 valence electrons. The number of carbonyl (C=O) groups is 1. The quantitative estimate of drug-likeness (QED) is 0.815. The molecule has 5 nitrogen and oxygen atoms in total. The van der Waals surface area contributed by atoms with Gasteiger partial charge in [0.25, 0.3) is 0 Å². The standard InChI is InChI=1S/C11H13N3O2/c1-3-16-11(15)14-8-4-5-9-10(6-8)13-7(2)12-9/h4-6H,3H2,1-2H3,(H,12,13)(H,14,15). The number of aromatic amines is 1. The summed E-state index contributed by atoms with van der Waals surface area (Å²) in [5, 5.41) is 2.64. The Morgan fingerprint density at radius 3 is 3.12 bits per heavy atom. The first kappa shape index (κ1) is 10.5. The van der Waals surface area contributed by atoms with Gasteiger partial charge in [0, 0.05) is 5.69 Å². The van der Waals surface area contributed by atoms with Crippen LogP contribution in [0.1, 0.15) is 12.7 Å². The van der Waals surface area contributed by atoms with Crippen LogP contribution in [-0.4, -0.2) is 22.7 Å². The van der Waals surface area contributed by atoms with Gasteiger partial charge in [-0.15, -0.1) is 0 Å². The molecule has 1 aromatic heterocycles. The van der Waals surface area contributed by atoms with Crippen LogP contribution in [0.4, 0.5) is 10.5 Å². The maximum Gasteiger partial charge on any atom is 0.411 e. The van der Waals surface area contributed by atoms with Gasteiger partial charge in [-0.05, 0) is 32.0 Å². The van der Waals surface area contributed by atoms with Gasteiger partial charge in [-0.2, -0.15) is 0 Å². The predicted molar refractivity (Wildman–Crippen MR) is 61.5 cm³/mol. The van der Waals surface area contributed by atoms with Crippen LogP contribution in [-0.2, 0) is 4.74 Å². The summed E-state index contributed by atoms with van der Waals surface area (Å²) in [7, 11) is 0. The van der Waals surface area contributed by atoms with Gasteiger partial charge in [0.15, 0.2) is 0 Å². The van der Waals surface area contributed by atoms with Crippen LogP contribution in [0.2, 0.25) is 0 Å². The molecule has 2 rings (SSSR count). The molecular formula is C11H13N3O2. The van der Waals surface area contributed by atoms with Gasteiger partial charge in [-0.25, -0.2) is 9.78 Å². The van der Waals surface area contributed by atoms with Crippen LogP contribution in [0.25, 0.3) is 11.0 Å². The molecule has 0 aliphatic rings. The number of amides is 1. The number of H-pyrrole nitrogens is 1. The molecule has 1 heterocycles. The highest BCUT2D eigenvalue weighted by molar-refractivity contribution is 5.88. The van der Waals surface area contributed by atoms with E-state index in [1.54, 1.807) is 13.0 Å². The summed E-state index contributed by atoms with van der Waals surface area (Å²) in [6.07, 6.45) is -0.446. The van der Waals surface area contributed by atoms with Crippen LogP contribution < -0.4 is 5.32 Å². The lowest BCUT2D eigenvalue weighted by atomic mass is 10.3. The number of hydrogen-bond acceptors (Lipinski definition) is 3. The lowest BCUT2D eigenvalue weighted by molar-refractivity contribution is 0.168. The van der Waals surface area contributed by atoms with Gasteiger partial charge in [0.2, 0.25) is 0 Å². The summed E-state index contributed by atoms with van der Waals surface area (Å²) >= 11 is 0. The smallest absolute Gasteiger partial charge is 0.411 e. The normalized spacial score (nSPS) is 10.4. The van der Waals surface area contributed by atoms with E-state index in [1.165, 1.54) is 0 Å². The molecule has 1 aromatic carbocycles. The molecule has 0 saturated heterocycles. The summed E-state index contributed by atoms with van der Waals surface area (Å²) in [6, 6.07) is 5.46. The zero-order valence-corrected chi connectivity index (χ0v) is 9.20. The molecule has 2 N–H and O–H groups in total. The first-order chi connectivity index (χ1) is 7.69. The Balaban J connectivity index is 2.22. The van der Waals surface area contributed by atoms with Gasteiger partial charge in [0.05, 0.1) is 17.6 Å². The van der Waals surface area contributed by atoms with E-state index in [9.17, 15) is 4.79 Å². The topological polar surface area (TPSA) is 67.0 Å². The van der Waals surface area contributed by atoms with Gasteiger partial charge >= 0.3 is 6.09 Å². The van der Waals surface area contributed by atoms with Crippen molar-refractivity contribution < 1.29 is 9.53 Å². The molecule has 16 heavy (non-hydrogen) atoms. The minimum atomic E-state index is -0.446. The summed E-state index contributed by atoms with van der Waals surface area (Å²) in [5.74, 6) is 0.850. The Morgan fingerprint density at radius 1 is 1.56 bits per heavy atom. The average Bonchev–Trinajstić information content (AvgIpc) is 2.57. The molecule has 0 aliphatic heterocycles. The first-order valence-corrected chi connectivity index (χ1v) is 5.09. The van der Waals surface area contributed by atoms with Crippen LogP contribution in [0.15, 0.2) is 18.2 Å². The number of aromatic nitrogens is 2. The van der Waals surface area contributed by atoms with Gasteiger partial charge in [-0.3, -0.25) is 5.32 Å². The van der Waals surface area contributed by atoms with Crippen LogP contribution in [0.5, 0.6) is 0 Å². The molecule has 0 radical (unpaired) electrons. The molecule has 5 heteroatoms. The number of nitrogens with zero attached hydrogens (tertiary/aromatic N) is 1. The highest BCUT2D eigenvalue weighted by atomic mass is 16.5. The monoisotopic (exact) mass is 219 g/mol. The lowest BCUT2D eigenvalue weighted by Gasteiger charge is -2.04. The zero-order valence-electron chi connectivity index (χ0n) is 9.20. The average molecular weight is 219 g/mol. The SMILES string of the molecule is CCOC(=O)Nc1ccc2nc(C)[nH]c2c1. The van der Waals surface area contributed by atoms with Crippen molar-refractivity contribution >= 4 is 22.8 Å². The highest BCUT2D eigenvalue weighted by Crippen LogP contribution is 2.17. The van der Waals surface area contributed by atoms with Crippen molar-refractivity contribution in [2.45, 2.75) is 13.8 Å². The largest absolute Gasteiger partial charge is 0.450 e. The van der Waals surface area contributed by atoms with E-state index < -0.39 is 6.09 Å². The predicted octanol–water partition coefficient (Wildman–Crippen LogP) is 2.44. The number of carbonyl (C=O) groups excluding carboxylic acids is 1. The van der Waals surface area contributed by atoms with Crippen molar-refractivity contribution in [3.8, 4) is 0 Å². The molecule has 0 spiro atoms. The van der Waals surface area contributed by atoms with E-state index in [-0.39, 0.29) is 0 Å². The fraction of sp³-hybridized carbons (Fsp3) is 0.273. The van der Waals surface area contributed by atoms with E-state index in [1.807, 2.05) is 19.1 Å². The third kappa shape index (κ3) is 2.13. The maximum absolute atomic E-state index is 11.2. The maximum atomic E-state index is 11.2. The molecule has 2 aromatic rings. The van der Waals surface area contributed by atoms with Gasteiger partial charge < -0.3 is 9.72 Å². The molecule has 0 unspecified atom stereocenters. The summed E-state index contributed by atoms with van der Waals surface area (Å²) in [5.41, 5.74) is 2.47. The Hall–Kier alpha value is -2.04. The summed E-state index contributed by atoms with van der Waals surface area (Å²) in [6.45, 7) is 4.01. The number of hydrogen-bond donors (Lipinski definition) is 2. The van der Waals surface area contributed by atoms with Crippen molar-refractivity contribution in [1.82, 2.24) is 9.97 Å². The van der Waals surface area contributed by atoms with Crippen LogP contribution in [0.3, 0.4) is 0 Å². The van der Waals surface area contributed by atoms with E-state index in [0.717, 1.165) is 16.9 Å². The summed E-state index contributed by atoms with van der Waals surface area (Å²) < 4.78 is 4.79. The minimum Gasteiger partial charge on any atom is -0.450 e.